The molecule has 0 aliphatic heterocycles. The van der Waals surface area contributed by atoms with E-state index in [1.165, 1.54) is 0 Å². The predicted octanol–water partition coefficient (Wildman–Crippen LogP) is 1.53. The number of benzene rings is 2. The molecule has 1 aliphatic rings. The van der Waals surface area contributed by atoms with Gasteiger partial charge in [-0.05, 0) is 30.0 Å². The van der Waals surface area contributed by atoms with Crippen LogP contribution in [0, 0.1) is 0 Å². The number of hydrogen-bond donors (Lipinski definition) is 2. The number of rotatable bonds is 4. The summed E-state index contributed by atoms with van der Waals surface area (Å²) in [6, 6.07) is 10.3. The second-order valence-corrected chi connectivity index (χ2v) is 5.33. The third kappa shape index (κ3) is 2.26. The van der Waals surface area contributed by atoms with Crippen molar-refractivity contribution in [2.24, 2.45) is 0 Å². The average molecular weight is 296 g/mol. The Kier molecular flexibility index (Phi) is 3.88. The summed E-state index contributed by atoms with van der Waals surface area (Å²) in [5.41, 5.74) is 3.11. The smallest absolute Gasteiger partial charge is 0.194 e. The Morgan fingerprint density at radius 3 is 2.27 bits per heavy atom. The average Bonchev–Trinajstić information content (AvgIpc) is 2.53. The van der Waals surface area contributed by atoms with Crippen molar-refractivity contribution in [3.05, 3.63) is 69.8 Å². The molecule has 0 fully saturated rings. The van der Waals surface area contributed by atoms with Gasteiger partial charge in [0.05, 0.1) is 0 Å². The maximum absolute atomic E-state index is 12.7. The van der Waals surface area contributed by atoms with Crippen molar-refractivity contribution >= 4 is 11.6 Å². The number of carbonyl (C=O) groups excluding carboxylic acids is 2. The van der Waals surface area contributed by atoms with Crippen LogP contribution >= 0.6 is 0 Å². The van der Waals surface area contributed by atoms with Gasteiger partial charge in [-0.2, -0.15) is 0 Å². The monoisotopic (exact) mass is 296 g/mol. The Morgan fingerprint density at radius 2 is 1.55 bits per heavy atom. The molecule has 0 saturated heterocycles. The molecule has 112 valence electrons. The van der Waals surface area contributed by atoms with E-state index in [2.05, 4.69) is 0 Å². The Balaban J connectivity index is 2.16. The standard InChI is InChI=1S/C18H16O4/c19-8-6-11-4-5-13-15(10-11)17(21)14-3-1-2-12(7-9-20)16(14)18(13)22/h1-5,10,19-20H,6-9H2. The Hall–Kier alpha value is -2.30. The second kappa shape index (κ2) is 5.83. The summed E-state index contributed by atoms with van der Waals surface area (Å²) in [6.07, 6.45) is 0.798. The lowest BCUT2D eigenvalue weighted by Crippen LogP contribution is -2.23. The van der Waals surface area contributed by atoms with Crippen LogP contribution in [0.3, 0.4) is 0 Å². The van der Waals surface area contributed by atoms with E-state index in [0.717, 1.165) is 5.56 Å². The lowest BCUT2D eigenvalue weighted by Gasteiger charge is -2.20. The van der Waals surface area contributed by atoms with E-state index in [1.807, 2.05) is 0 Å². The molecule has 22 heavy (non-hydrogen) atoms. The number of aliphatic hydroxyl groups is 2. The minimum atomic E-state index is -0.177. The van der Waals surface area contributed by atoms with Gasteiger partial charge < -0.3 is 10.2 Å². The van der Waals surface area contributed by atoms with E-state index >= 15 is 0 Å². The van der Waals surface area contributed by atoms with Gasteiger partial charge in [-0.25, -0.2) is 0 Å². The van der Waals surface area contributed by atoms with Crippen LogP contribution in [-0.4, -0.2) is 35.0 Å². The van der Waals surface area contributed by atoms with Gasteiger partial charge in [-0.1, -0.05) is 30.3 Å². The molecule has 2 N–H and O–H groups in total. The van der Waals surface area contributed by atoms with E-state index in [0.29, 0.717) is 40.7 Å². The fraction of sp³-hybridized carbons (Fsp3) is 0.222. The third-order valence-electron chi connectivity index (χ3n) is 3.98. The van der Waals surface area contributed by atoms with E-state index in [4.69, 9.17) is 10.2 Å². The van der Waals surface area contributed by atoms with Gasteiger partial charge in [-0.15, -0.1) is 0 Å². The zero-order valence-electron chi connectivity index (χ0n) is 12.0. The molecule has 0 amide bonds. The molecule has 0 saturated carbocycles. The molecule has 0 atom stereocenters. The first-order valence-electron chi connectivity index (χ1n) is 7.23. The van der Waals surface area contributed by atoms with Gasteiger partial charge in [0, 0.05) is 35.5 Å². The van der Waals surface area contributed by atoms with Crippen LogP contribution in [0.15, 0.2) is 36.4 Å². The molecule has 0 unspecified atom stereocenters. The third-order valence-corrected chi connectivity index (χ3v) is 3.98. The van der Waals surface area contributed by atoms with Gasteiger partial charge in [-0.3, -0.25) is 9.59 Å². The van der Waals surface area contributed by atoms with Crippen LogP contribution in [0.25, 0.3) is 0 Å². The second-order valence-electron chi connectivity index (χ2n) is 5.33. The van der Waals surface area contributed by atoms with Crippen molar-refractivity contribution in [1.82, 2.24) is 0 Å². The van der Waals surface area contributed by atoms with Crippen molar-refractivity contribution in [1.29, 1.82) is 0 Å². The molecule has 0 heterocycles. The number of fused-ring (bicyclic) bond motifs is 2. The van der Waals surface area contributed by atoms with Crippen molar-refractivity contribution in [3.63, 3.8) is 0 Å². The number of carbonyl (C=O) groups is 2. The topological polar surface area (TPSA) is 74.6 Å². The first-order valence-corrected chi connectivity index (χ1v) is 7.23. The zero-order chi connectivity index (χ0) is 15.7. The SMILES string of the molecule is O=C1c2cc(CCO)ccc2C(=O)c2c(CCO)cccc21. The van der Waals surface area contributed by atoms with Gasteiger partial charge >= 0.3 is 0 Å². The number of hydrogen-bond acceptors (Lipinski definition) is 4. The van der Waals surface area contributed by atoms with Crippen LogP contribution in [0.5, 0.6) is 0 Å². The fourth-order valence-corrected chi connectivity index (χ4v) is 2.93. The summed E-state index contributed by atoms with van der Waals surface area (Å²) in [6.45, 7) is -0.0711. The first-order chi connectivity index (χ1) is 10.7. The molecule has 2 aromatic rings. The van der Waals surface area contributed by atoms with Crippen molar-refractivity contribution in [2.75, 3.05) is 13.2 Å². The highest BCUT2D eigenvalue weighted by Crippen LogP contribution is 2.30. The molecule has 2 aromatic carbocycles. The largest absolute Gasteiger partial charge is 0.396 e. The summed E-state index contributed by atoms with van der Waals surface area (Å²) < 4.78 is 0. The van der Waals surface area contributed by atoms with Crippen LogP contribution in [0.4, 0.5) is 0 Å². The molecular formula is C18H16O4. The summed E-state index contributed by atoms with van der Waals surface area (Å²) in [4.78, 5) is 25.4. The Morgan fingerprint density at radius 1 is 0.773 bits per heavy atom. The normalized spacial score (nSPS) is 13.0. The molecule has 0 bridgehead atoms. The van der Waals surface area contributed by atoms with Crippen molar-refractivity contribution in [2.45, 2.75) is 12.8 Å². The van der Waals surface area contributed by atoms with Crippen LogP contribution < -0.4 is 0 Å². The zero-order valence-corrected chi connectivity index (χ0v) is 12.0. The van der Waals surface area contributed by atoms with Crippen molar-refractivity contribution < 1.29 is 19.8 Å². The van der Waals surface area contributed by atoms with Crippen molar-refractivity contribution in [3.8, 4) is 0 Å². The highest BCUT2D eigenvalue weighted by atomic mass is 16.3. The number of aliphatic hydroxyl groups excluding tert-OH is 2. The maximum Gasteiger partial charge on any atom is 0.194 e. The van der Waals surface area contributed by atoms with Gasteiger partial charge in [0.25, 0.3) is 0 Å². The first kappa shape index (κ1) is 14.6. The molecule has 3 rings (SSSR count). The van der Waals surface area contributed by atoms with Crippen LogP contribution in [-0.2, 0) is 12.8 Å². The molecular weight excluding hydrogens is 280 g/mol. The summed E-state index contributed by atoms with van der Waals surface area (Å²) >= 11 is 0. The van der Waals surface area contributed by atoms with E-state index in [1.54, 1.807) is 36.4 Å². The molecule has 0 aromatic heterocycles. The minimum Gasteiger partial charge on any atom is -0.396 e. The molecule has 0 radical (unpaired) electrons. The Bertz CT molecular complexity index is 758. The highest BCUT2D eigenvalue weighted by molar-refractivity contribution is 6.28. The van der Waals surface area contributed by atoms with Gasteiger partial charge in [0.15, 0.2) is 11.6 Å². The number of ketones is 2. The fourth-order valence-electron chi connectivity index (χ4n) is 2.93. The summed E-state index contributed by atoms with van der Waals surface area (Å²) in [7, 11) is 0. The molecule has 4 heteroatoms. The van der Waals surface area contributed by atoms with E-state index in [-0.39, 0.29) is 24.8 Å². The quantitative estimate of drug-likeness (QED) is 0.765. The van der Waals surface area contributed by atoms with Gasteiger partial charge in [0.2, 0.25) is 0 Å². The van der Waals surface area contributed by atoms with Crippen LogP contribution in [0.2, 0.25) is 0 Å². The van der Waals surface area contributed by atoms with E-state index in [9.17, 15) is 9.59 Å². The lowest BCUT2D eigenvalue weighted by atomic mass is 9.80. The predicted molar refractivity (Wildman–Crippen MR) is 81.3 cm³/mol. The molecule has 0 spiro atoms. The molecule has 4 nitrogen and oxygen atoms in total. The van der Waals surface area contributed by atoms with E-state index < -0.39 is 0 Å². The Labute approximate surface area is 128 Å². The molecule has 1 aliphatic carbocycles. The summed E-state index contributed by atoms with van der Waals surface area (Å²) in [5, 5.41) is 18.2. The van der Waals surface area contributed by atoms with Crippen LogP contribution in [0.1, 0.15) is 43.0 Å². The maximum atomic E-state index is 12.7. The highest BCUT2D eigenvalue weighted by Gasteiger charge is 2.31. The summed E-state index contributed by atoms with van der Waals surface area (Å²) in [5.74, 6) is -0.353. The van der Waals surface area contributed by atoms with Gasteiger partial charge in [0.1, 0.15) is 0 Å². The lowest BCUT2D eigenvalue weighted by molar-refractivity contribution is 0.0978. The minimum absolute atomic E-state index is 0.00183.